The highest BCUT2D eigenvalue weighted by molar-refractivity contribution is 5.88. The highest BCUT2D eigenvalue weighted by Crippen LogP contribution is 2.20. The van der Waals surface area contributed by atoms with E-state index in [0.717, 1.165) is 12.1 Å². The molecule has 7 heteroatoms. The first-order valence-electron chi connectivity index (χ1n) is 6.07. The number of aromatic carboxylic acids is 1. The first kappa shape index (κ1) is 15.9. The second kappa shape index (κ2) is 6.83. The highest BCUT2D eigenvalue weighted by atomic mass is 19.1. The summed E-state index contributed by atoms with van der Waals surface area (Å²) in [5.41, 5.74) is -0.907. The Morgan fingerprint density at radius 3 is 2.25 bits per heavy atom. The zero-order chi connectivity index (χ0) is 15.3. The smallest absolute Gasteiger partial charge is 0.335 e. The van der Waals surface area contributed by atoms with Gasteiger partial charge in [-0.15, -0.1) is 0 Å². The number of rotatable bonds is 6. The number of carbonyl (C=O) groups excluding carboxylic acids is 1. The van der Waals surface area contributed by atoms with E-state index >= 15 is 0 Å². The van der Waals surface area contributed by atoms with Crippen molar-refractivity contribution in [3.8, 4) is 0 Å². The minimum atomic E-state index is -1.41. The molecule has 1 aromatic carbocycles. The number of halogens is 2. The van der Waals surface area contributed by atoms with E-state index in [4.69, 9.17) is 5.11 Å². The number of carboxylic acids is 1. The number of anilines is 1. The van der Waals surface area contributed by atoms with E-state index in [2.05, 4.69) is 10.6 Å². The Balaban J connectivity index is 2.65. The lowest BCUT2D eigenvalue weighted by molar-refractivity contribution is -0.121. The first-order valence-corrected chi connectivity index (χ1v) is 6.07. The summed E-state index contributed by atoms with van der Waals surface area (Å²) in [6.45, 7) is 3.64. The minimum Gasteiger partial charge on any atom is -0.478 e. The Hall–Kier alpha value is -2.18. The second-order valence-corrected chi connectivity index (χ2v) is 4.52. The predicted molar refractivity (Wildman–Crippen MR) is 69.7 cm³/mol. The van der Waals surface area contributed by atoms with E-state index in [1.807, 2.05) is 0 Å². The van der Waals surface area contributed by atoms with Crippen LogP contribution in [-0.4, -0.2) is 29.6 Å². The van der Waals surface area contributed by atoms with Gasteiger partial charge < -0.3 is 15.7 Å². The summed E-state index contributed by atoms with van der Waals surface area (Å²) >= 11 is 0. The van der Waals surface area contributed by atoms with E-state index < -0.39 is 28.9 Å². The molecular formula is C13H16F2N2O3. The second-order valence-electron chi connectivity index (χ2n) is 4.52. The van der Waals surface area contributed by atoms with Crippen LogP contribution in [0.25, 0.3) is 0 Å². The molecule has 20 heavy (non-hydrogen) atoms. The molecule has 1 amide bonds. The molecule has 3 N–H and O–H groups in total. The Morgan fingerprint density at radius 1 is 1.25 bits per heavy atom. The van der Waals surface area contributed by atoms with Gasteiger partial charge in [0.1, 0.15) is 17.3 Å². The molecule has 0 unspecified atom stereocenters. The molecule has 110 valence electrons. The van der Waals surface area contributed by atoms with Crippen LogP contribution in [0.2, 0.25) is 0 Å². The van der Waals surface area contributed by atoms with Crippen LogP contribution in [0.15, 0.2) is 12.1 Å². The molecule has 5 nitrogen and oxygen atoms in total. The maximum atomic E-state index is 13.5. The Bertz CT molecular complexity index is 495. The maximum absolute atomic E-state index is 13.5. The lowest BCUT2D eigenvalue weighted by Gasteiger charge is -2.11. The molecule has 0 aliphatic heterocycles. The SMILES string of the molecule is CC(C)NC(=O)CCNc1c(F)cc(C(=O)O)cc1F. The fraction of sp³-hybridized carbons (Fsp3) is 0.385. The zero-order valence-corrected chi connectivity index (χ0v) is 11.2. The van der Waals surface area contributed by atoms with Crippen molar-refractivity contribution in [3.63, 3.8) is 0 Å². The van der Waals surface area contributed by atoms with Crippen LogP contribution in [0.3, 0.4) is 0 Å². The largest absolute Gasteiger partial charge is 0.478 e. The lowest BCUT2D eigenvalue weighted by Crippen LogP contribution is -2.31. The van der Waals surface area contributed by atoms with Crippen LogP contribution in [0.5, 0.6) is 0 Å². The van der Waals surface area contributed by atoms with Crippen LogP contribution in [0.1, 0.15) is 30.6 Å². The number of amides is 1. The average molecular weight is 286 g/mol. The maximum Gasteiger partial charge on any atom is 0.335 e. The lowest BCUT2D eigenvalue weighted by atomic mass is 10.2. The highest BCUT2D eigenvalue weighted by Gasteiger charge is 2.14. The summed E-state index contributed by atoms with van der Waals surface area (Å²) in [5.74, 6) is -3.67. The zero-order valence-electron chi connectivity index (χ0n) is 11.2. The van der Waals surface area contributed by atoms with Crippen molar-refractivity contribution >= 4 is 17.6 Å². The first-order chi connectivity index (χ1) is 9.31. The van der Waals surface area contributed by atoms with E-state index in [9.17, 15) is 18.4 Å². The van der Waals surface area contributed by atoms with E-state index in [1.54, 1.807) is 13.8 Å². The van der Waals surface area contributed by atoms with E-state index in [0.29, 0.717) is 0 Å². The number of carboxylic acid groups (broad SMARTS) is 1. The standard InChI is InChI=1S/C13H16F2N2O3/c1-7(2)17-11(18)3-4-16-12-9(14)5-8(13(19)20)6-10(12)15/h5-7,16H,3-4H2,1-2H3,(H,17,18)(H,19,20). The number of benzene rings is 1. The fourth-order valence-corrected chi connectivity index (χ4v) is 1.56. The normalized spacial score (nSPS) is 10.4. The molecule has 0 saturated carbocycles. The van der Waals surface area contributed by atoms with Crippen LogP contribution in [0, 0.1) is 11.6 Å². The molecule has 0 aliphatic rings. The molecule has 0 aromatic heterocycles. The molecule has 1 rings (SSSR count). The topological polar surface area (TPSA) is 78.4 Å². The molecule has 0 aliphatic carbocycles. The van der Waals surface area contributed by atoms with Crippen molar-refractivity contribution in [3.05, 3.63) is 29.3 Å². The number of carbonyl (C=O) groups is 2. The quantitative estimate of drug-likeness (QED) is 0.747. The van der Waals surface area contributed by atoms with Gasteiger partial charge in [-0.1, -0.05) is 0 Å². The molecule has 1 aromatic rings. The van der Waals surface area contributed by atoms with E-state index in [1.165, 1.54) is 0 Å². The number of nitrogens with one attached hydrogen (secondary N) is 2. The third kappa shape index (κ3) is 4.49. The van der Waals surface area contributed by atoms with Gasteiger partial charge in [0.25, 0.3) is 0 Å². The number of hydrogen-bond donors (Lipinski definition) is 3. The van der Waals surface area contributed by atoms with Crippen molar-refractivity contribution in [1.82, 2.24) is 5.32 Å². The van der Waals surface area contributed by atoms with Crippen molar-refractivity contribution in [2.75, 3.05) is 11.9 Å². The summed E-state index contributed by atoms with van der Waals surface area (Å²) < 4.78 is 27.1. The van der Waals surface area contributed by atoms with Gasteiger partial charge in [0.2, 0.25) is 5.91 Å². The Kier molecular flexibility index (Phi) is 5.42. The third-order valence-electron chi connectivity index (χ3n) is 2.39. The molecule has 0 fully saturated rings. The monoisotopic (exact) mass is 286 g/mol. The van der Waals surface area contributed by atoms with Crippen molar-refractivity contribution in [2.45, 2.75) is 26.3 Å². The van der Waals surface area contributed by atoms with Gasteiger partial charge in [-0.3, -0.25) is 4.79 Å². The molecule has 0 radical (unpaired) electrons. The fourth-order valence-electron chi connectivity index (χ4n) is 1.56. The average Bonchev–Trinajstić information content (AvgIpc) is 2.31. The molecular weight excluding hydrogens is 270 g/mol. The molecule has 0 heterocycles. The van der Waals surface area contributed by atoms with Crippen molar-refractivity contribution in [2.24, 2.45) is 0 Å². The van der Waals surface area contributed by atoms with E-state index in [-0.39, 0.29) is 24.9 Å². The van der Waals surface area contributed by atoms with Gasteiger partial charge in [0, 0.05) is 19.0 Å². The van der Waals surface area contributed by atoms with Gasteiger partial charge in [-0.25, -0.2) is 13.6 Å². The van der Waals surface area contributed by atoms with Crippen LogP contribution < -0.4 is 10.6 Å². The van der Waals surface area contributed by atoms with Gasteiger partial charge >= 0.3 is 5.97 Å². The summed E-state index contributed by atoms with van der Waals surface area (Å²) in [6, 6.07) is 1.44. The summed E-state index contributed by atoms with van der Waals surface area (Å²) in [6.07, 6.45) is 0.0533. The van der Waals surface area contributed by atoms with Crippen LogP contribution in [0.4, 0.5) is 14.5 Å². The van der Waals surface area contributed by atoms with Crippen LogP contribution in [-0.2, 0) is 4.79 Å². The van der Waals surface area contributed by atoms with Crippen LogP contribution >= 0.6 is 0 Å². The van der Waals surface area contributed by atoms with Gasteiger partial charge in [-0.05, 0) is 26.0 Å². The number of hydrogen-bond acceptors (Lipinski definition) is 3. The molecule has 0 bridgehead atoms. The third-order valence-corrected chi connectivity index (χ3v) is 2.39. The molecule has 0 spiro atoms. The van der Waals surface area contributed by atoms with Gasteiger partial charge in [-0.2, -0.15) is 0 Å². The Morgan fingerprint density at radius 2 is 1.80 bits per heavy atom. The molecule has 0 atom stereocenters. The van der Waals surface area contributed by atoms with Gasteiger partial charge in [0.15, 0.2) is 0 Å². The minimum absolute atomic E-state index is 0.00850. The Labute approximate surface area is 115 Å². The summed E-state index contributed by atoms with van der Waals surface area (Å²) in [7, 11) is 0. The summed E-state index contributed by atoms with van der Waals surface area (Å²) in [5, 5.41) is 13.7. The summed E-state index contributed by atoms with van der Waals surface area (Å²) in [4.78, 5) is 22.0. The van der Waals surface area contributed by atoms with Gasteiger partial charge in [0.05, 0.1) is 5.56 Å². The van der Waals surface area contributed by atoms with Crippen molar-refractivity contribution < 1.29 is 23.5 Å². The predicted octanol–water partition coefficient (Wildman–Crippen LogP) is 1.99. The van der Waals surface area contributed by atoms with Crippen molar-refractivity contribution in [1.29, 1.82) is 0 Å². The molecule has 0 saturated heterocycles.